The molecule has 0 saturated heterocycles. The molecule has 0 aliphatic carbocycles. The van der Waals surface area contributed by atoms with E-state index in [4.69, 9.17) is 9.47 Å². The van der Waals surface area contributed by atoms with E-state index in [1.54, 1.807) is 33.8 Å². The van der Waals surface area contributed by atoms with Crippen LogP contribution in [0.15, 0.2) is 29.4 Å². The molecule has 7 nitrogen and oxygen atoms in total. The van der Waals surface area contributed by atoms with E-state index in [0.29, 0.717) is 28.2 Å². The third-order valence-electron chi connectivity index (χ3n) is 3.82. The van der Waals surface area contributed by atoms with Crippen molar-refractivity contribution in [2.24, 2.45) is 5.10 Å². The number of nitrogens with one attached hydrogen (secondary N) is 2. The number of carbonyl (C=O) groups is 2. The predicted octanol–water partition coefficient (Wildman–Crippen LogP) is 2.87. The highest BCUT2D eigenvalue weighted by Gasteiger charge is 2.20. The zero-order chi connectivity index (χ0) is 20.0. The summed E-state index contributed by atoms with van der Waals surface area (Å²) in [6.45, 7) is 6.86. The number of carbonyl (C=O) groups excluding carboxylic acids is 2. The Hall–Kier alpha value is -3.16. The van der Waals surface area contributed by atoms with E-state index in [1.807, 2.05) is 0 Å². The zero-order valence-electron chi connectivity index (χ0n) is 15.7. The maximum Gasteiger partial charge on any atom is 0.340 e. The van der Waals surface area contributed by atoms with E-state index in [2.05, 4.69) is 15.5 Å². The lowest BCUT2D eigenvalue weighted by molar-refractivity contribution is -0.123. The van der Waals surface area contributed by atoms with Gasteiger partial charge in [-0.15, -0.1) is 0 Å². The number of benzene rings is 1. The van der Waals surface area contributed by atoms with Crippen LogP contribution in [0.2, 0.25) is 0 Å². The van der Waals surface area contributed by atoms with Gasteiger partial charge in [-0.25, -0.2) is 14.6 Å². The number of halogens is 1. The number of hydrazone groups is 1. The number of para-hydroxylation sites is 1. The Balaban J connectivity index is 2.03. The number of esters is 1. The Morgan fingerprint density at radius 3 is 2.63 bits per heavy atom. The van der Waals surface area contributed by atoms with Gasteiger partial charge in [0.25, 0.3) is 5.91 Å². The van der Waals surface area contributed by atoms with Crippen LogP contribution in [-0.4, -0.2) is 35.8 Å². The number of nitrogens with zero attached hydrogens (tertiary/aromatic N) is 1. The minimum absolute atomic E-state index is 0.0109. The molecule has 0 bridgehead atoms. The molecule has 0 radical (unpaired) electrons. The summed E-state index contributed by atoms with van der Waals surface area (Å²) >= 11 is 0. The number of H-pyrrole nitrogens is 1. The fraction of sp³-hybridized carbons (Fsp3) is 0.316. The van der Waals surface area contributed by atoms with Gasteiger partial charge in [0.15, 0.2) is 18.2 Å². The predicted molar refractivity (Wildman–Crippen MR) is 98.5 cm³/mol. The van der Waals surface area contributed by atoms with Crippen molar-refractivity contribution in [2.45, 2.75) is 27.7 Å². The quantitative estimate of drug-likeness (QED) is 0.442. The van der Waals surface area contributed by atoms with Gasteiger partial charge < -0.3 is 14.5 Å². The van der Waals surface area contributed by atoms with E-state index < -0.39 is 17.7 Å². The average Bonchev–Trinajstić information content (AvgIpc) is 2.93. The van der Waals surface area contributed by atoms with Crippen LogP contribution < -0.4 is 10.2 Å². The summed E-state index contributed by atoms with van der Waals surface area (Å²) in [5.41, 5.74) is 5.24. The minimum atomic E-state index is -0.547. The summed E-state index contributed by atoms with van der Waals surface area (Å²) in [4.78, 5) is 27.0. The monoisotopic (exact) mass is 375 g/mol. The first kappa shape index (κ1) is 20.2. The molecule has 1 aromatic carbocycles. The molecule has 0 aliphatic rings. The third-order valence-corrected chi connectivity index (χ3v) is 3.82. The van der Waals surface area contributed by atoms with Crippen molar-refractivity contribution in [3.8, 4) is 5.75 Å². The highest BCUT2D eigenvalue weighted by atomic mass is 19.1. The largest absolute Gasteiger partial charge is 0.481 e. The van der Waals surface area contributed by atoms with Crippen LogP contribution in [0, 0.1) is 19.7 Å². The molecule has 0 spiro atoms. The van der Waals surface area contributed by atoms with Crippen molar-refractivity contribution in [1.29, 1.82) is 0 Å². The molecule has 2 aromatic rings. The molecule has 1 heterocycles. The average molecular weight is 375 g/mol. The molecule has 0 fully saturated rings. The Morgan fingerprint density at radius 2 is 1.96 bits per heavy atom. The first-order valence-electron chi connectivity index (χ1n) is 8.42. The summed E-state index contributed by atoms with van der Waals surface area (Å²) in [6, 6.07) is 5.81. The Kier molecular flexibility index (Phi) is 6.70. The first-order chi connectivity index (χ1) is 12.8. The van der Waals surface area contributed by atoms with E-state index in [1.165, 1.54) is 18.2 Å². The van der Waals surface area contributed by atoms with Gasteiger partial charge >= 0.3 is 5.97 Å². The summed E-state index contributed by atoms with van der Waals surface area (Å²) in [7, 11) is 0. The molecule has 2 N–H and O–H groups in total. The highest BCUT2D eigenvalue weighted by Crippen LogP contribution is 2.19. The molecule has 0 unspecified atom stereocenters. The van der Waals surface area contributed by atoms with Crippen LogP contribution in [0.25, 0.3) is 0 Å². The zero-order valence-corrected chi connectivity index (χ0v) is 15.7. The lowest BCUT2D eigenvalue weighted by Gasteiger charge is -2.06. The standard InChI is InChI=1S/C19H22FN3O4/c1-5-26-19(25)17-11(2)18(21-12(17)3)13(4)22-23-16(24)10-27-15-9-7-6-8-14(15)20/h6-9,21H,5,10H2,1-4H3,(H,23,24)/b22-13+. The summed E-state index contributed by atoms with van der Waals surface area (Å²) in [5, 5.41) is 4.01. The molecule has 0 aliphatic heterocycles. The SMILES string of the molecule is CCOC(=O)c1c(C)[nH]c(/C(C)=N/NC(=O)COc2ccccc2F)c1C. The summed E-state index contributed by atoms with van der Waals surface area (Å²) in [5.74, 6) is -1.51. The second-order valence-electron chi connectivity index (χ2n) is 5.80. The number of amides is 1. The van der Waals surface area contributed by atoms with Crippen molar-refractivity contribution in [2.75, 3.05) is 13.2 Å². The summed E-state index contributed by atoms with van der Waals surface area (Å²) < 4.78 is 23.6. The van der Waals surface area contributed by atoms with Crippen molar-refractivity contribution in [3.63, 3.8) is 0 Å². The molecule has 1 aromatic heterocycles. The summed E-state index contributed by atoms with van der Waals surface area (Å²) in [6.07, 6.45) is 0. The van der Waals surface area contributed by atoms with E-state index in [-0.39, 0.29) is 19.0 Å². The molecule has 8 heteroatoms. The highest BCUT2D eigenvalue weighted by molar-refractivity contribution is 6.03. The number of ether oxygens (including phenoxy) is 2. The maximum atomic E-state index is 13.5. The molecule has 0 saturated carbocycles. The van der Waals surface area contributed by atoms with Crippen LogP contribution >= 0.6 is 0 Å². The van der Waals surface area contributed by atoms with Crippen LogP contribution in [0.5, 0.6) is 5.75 Å². The number of rotatable bonds is 7. The lowest BCUT2D eigenvalue weighted by Crippen LogP contribution is -2.26. The smallest absolute Gasteiger partial charge is 0.340 e. The van der Waals surface area contributed by atoms with Gasteiger partial charge in [-0.3, -0.25) is 4.79 Å². The van der Waals surface area contributed by atoms with Crippen LogP contribution in [0.3, 0.4) is 0 Å². The second kappa shape index (κ2) is 8.98. The first-order valence-corrected chi connectivity index (χ1v) is 8.42. The van der Waals surface area contributed by atoms with Gasteiger partial charge in [-0.05, 0) is 45.4 Å². The van der Waals surface area contributed by atoms with Crippen LogP contribution in [0.1, 0.15) is 41.2 Å². The van der Waals surface area contributed by atoms with Crippen molar-refractivity contribution in [1.82, 2.24) is 10.4 Å². The second-order valence-corrected chi connectivity index (χ2v) is 5.80. The number of hydrogen-bond donors (Lipinski definition) is 2. The van der Waals surface area contributed by atoms with Gasteiger partial charge in [-0.1, -0.05) is 12.1 Å². The van der Waals surface area contributed by atoms with Crippen molar-refractivity contribution in [3.05, 3.63) is 52.6 Å². The molecular weight excluding hydrogens is 353 g/mol. The minimum Gasteiger partial charge on any atom is -0.481 e. The molecule has 2 rings (SSSR count). The van der Waals surface area contributed by atoms with Gasteiger partial charge in [0.05, 0.1) is 23.6 Å². The normalized spacial score (nSPS) is 11.2. The van der Waals surface area contributed by atoms with Crippen LogP contribution in [0.4, 0.5) is 4.39 Å². The van der Waals surface area contributed by atoms with Gasteiger partial charge in [-0.2, -0.15) is 5.10 Å². The third kappa shape index (κ3) is 4.93. The number of aromatic amines is 1. The van der Waals surface area contributed by atoms with Gasteiger partial charge in [0.2, 0.25) is 0 Å². The molecule has 27 heavy (non-hydrogen) atoms. The maximum absolute atomic E-state index is 13.5. The Bertz CT molecular complexity index is 874. The van der Waals surface area contributed by atoms with E-state index >= 15 is 0 Å². The molecule has 1 amide bonds. The fourth-order valence-electron chi connectivity index (χ4n) is 2.56. The topological polar surface area (TPSA) is 92.8 Å². The molecular formula is C19H22FN3O4. The Morgan fingerprint density at radius 1 is 1.26 bits per heavy atom. The number of aryl methyl sites for hydroxylation is 1. The Labute approximate surface area is 156 Å². The molecule has 144 valence electrons. The van der Waals surface area contributed by atoms with Gasteiger partial charge in [0, 0.05) is 5.69 Å². The van der Waals surface area contributed by atoms with Gasteiger partial charge in [0.1, 0.15) is 0 Å². The fourth-order valence-corrected chi connectivity index (χ4v) is 2.56. The van der Waals surface area contributed by atoms with Crippen LogP contribution in [-0.2, 0) is 9.53 Å². The van der Waals surface area contributed by atoms with E-state index in [9.17, 15) is 14.0 Å². The molecule has 0 atom stereocenters. The lowest BCUT2D eigenvalue weighted by atomic mass is 10.1. The van der Waals surface area contributed by atoms with E-state index in [0.717, 1.165) is 0 Å². The van der Waals surface area contributed by atoms with Crippen molar-refractivity contribution >= 4 is 17.6 Å². The number of aromatic nitrogens is 1. The van der Waals surface area contributed by atoms with Crippen molar-refractivity contribution < 1.29 is 23.5 Å². The number of hydrogen-bond acceptors (Lipinski definition) is 5.